The van der Waals surface area contributed by atoms with Gasteiger partial charge in [0.2, 0.25) is 5.95 Å². The van der Waals surface area contributed by atoms with Crippen molar-refractivity contribution in [1.82, 2.24) is 9.97 Å². The average Bonchev–Trinajstić information content (AvgIpc) is 2.41. The smallest absolute Gasteiger partial charge is 0.229 e. The van der Waals surface area contributed by atoms with E-state index >= 15 is 0 Å². The van der Waals surface area contributed by atoms with Crippen molar-refractivity contribution in [1.29, 1.82) is 0 Å². The second-order valence-electron chi connectivity index (χ2n) is 4.60. The first-order valence-electron chi connectivity index (χ1n) is 6.59. The van der Waals surface area contributed by atoms with Crippen LogP contribution in [0.25, 0.3) is 0 Å². The zero-order chi connectivity index (χ0) is 15.2. The Morgan fingerprint density at radius 2 is 2.05 bits per heavy atom. The average molecular weight is 326 g/mol. The molecule has 0 atom stereocenters. The van der Waals surface area contributed by atoms with E-state index < -0.39 is 0 Å². The number of hydrogen-bond acceptors (Lipinski definition) is 5. The Bertz CT molecular complexity index is 598. The molecule has 7 heteroatoms. The van der Waals surface area contributed by atoms with E-state index in [2.05, 4.69) is 20.6 Å². The number of nitrogens with two attached hydrogens (primary N) is 1. The zero-order valence-electron chi connectivity index (χ0n) is 11.7. The van der Waals surface area contributed by atoms with Crippen molar-refractivity contribution < 1.29 is 0 Å². The van der Waals surface area contributed by atoms with Crippen LogP contribution in [0.2, 0.25) is 10.0 Å². The number of aromatic nitrogens is 2. The van der Waals surface area contributed by atoms with Gasteiger partial charge in [-0.1, -0.05) is 23.2 Å². The molecule has 0 amide bonds. The number of rotatable bonds is 6. The second-order valence-corrected chi connectivity index (χ2v) is 5.45. The molecule has 0 fully saturated rings. The minimum atomic E-state index is 0.455. The molecule has 5 nitrogen and oxygen atoms in total. The topological polar surface area (TPSA) is 75.9 Å². The van der Waals surface area contributed by atoms with Crippen LogP contribution in [0.3, 0.4) is 0 Å². The van der Waals surface area contributed by atoms with E-state index in [0.717, 1.165) is 17.7 Å². The number of halogens is 2. The lowest BCUT2D eigenvalue weighted by Crippen LogP contribution is -2.10. The first-order chi connectivity index (χ1) is 10.1. The van der Waals surface area contributed by atoms with E-state index in [4.69, 9.17) is 28.9 Å². The predicted octanol–water partition coefficient (Wildman–Crippen LogP) is 3.60. The molecule has 0 aliphatic carbocycles. The van der Waals surface area contributed by atoms with E-state index in [0.29, 0.717) is 34.9 Å². The van der Waals surface area contributed by atoms with Gasteiger partial charge in [-0.15, -0.1) is 0 Å². The molecule has 0 bridgehead atoms. The van der Waals surface area contributed by atoms with Gasteiger partial charge in [0, 0.05) is 17.3 Å². The SMILES string of the molecule is Cc1cc(Cl)cc(Nc2ncc(Cl)c(NCCCN)n2)c1. The van der Waals surface area contributed by atoms with Gasteiger partial charge in [-0.25, -0.2) is 4.98 Å². The molecule has 2 rings (SSSR count). The van der Waals surface area contributed by atoms with Crippen molar-refractivity contribution in [3.63, 3.8) is 0 Å². The van der Waals surface area contributed by atoms with Gasteiger partial charge in [0.1, 0.15) is 10.8 Å². The molecule has 0 unspecified atom stereocenters. The minimum Gasteiger partial charge on any atom is -0.369 e. The summed E-state index contributed by atoms with van der Waals surface area (Å²) in [7, 11) is 0. The fourth-order valence-corrected chi connectivity index (χ4v) is 2.25. The number of nitrogens with zero attached hydrogens (tertiary/aromatic N) is 2. The summed E-state index contributed by atoms with van der Waals surface area (Å²) in [6.45, 7) is 3.30. The van der Waals surface area contributed by atoms with Gasteiger partial charge < -0.3 is 16.4 Å². The van der Waals surface area contributed by atoms with Gasteiger partial charge in [0.25, 0.3) is 0 Å². The highest BCUT2D eigenvalue weighted by Gasteiger charge is 2.06. The molecule has 4 N–H and O–H groups in total. The summed E-state index contributed by atoms with van der Waals surface area (Å²) in [6.07, 6.45) is 2.40. The number of hydrogen-bond donors (Lipinski definition) is 3. The Balaban J connectivity index is 2.14. The maximum atomic E-state index is 6.06. The summed E-state index contributed by atoms with van der Waals surface area (Å²) in [6, 6.07) is 5.66. The number of benzene rings is 1. The van der Waals surface area contributed by atoms with Crippen molar-refractivity contribution in [2.75, 3.05) is 23.7 Å². The molecule has 21 heavy (non-hydrogen) atoms. The second kappa shape index (κ2) is 7.45. The Labute approximate surface area is 133 Å². The molecule has 0 aliphatic heterocycles. The van der Waals surface area contributed by atoms with Crippen LogP contribution in [-0.2, 0) is 0 Å². The summed E-state index contributed by atoms with van der Waals surface area (Å²) in [4.78, 5) is 8.51. The summed E-state index contributed by atoms with van der Waals surface area (Å²) in [5.41, 5.74) is 7.35. The maximum absolute atomic E-state index is 6.06. The predicted molar refractivity (Wildman–Crippen MR) is 88.7 cm³/mol. The molecule has 2 aromatic rings. The fraction of sp³-hybridized carbons (Fsp3) is 0.286. The standard InChI is InChI=1S/C14H17Cl2N5/c1-9-5-10(15)7-11(6-9)20-14-19-8-12(16)13(21-14)18-4-2-3-17/h5-8H,2-4,17H2,1H3,(H2,18,19,20,21). The van der Waals surface area contributed by atoms with Crippen LogP contribution in [0.4, 0.5) is 17.5 Å². The van der Waals surface area contributed by atoms with Crippen LogP contribution in [0.1, 0.15) is 12.0 Å². The Morgan fingerprint density at radius 3 is 2.76 bits per heavy atom. The highest BCUT2D eigenvalue weighted by molar-refractivity contribution is 6.32. The van der Waals surface area contributed by atoms with E-state index in [1.807, 2.05) is 25.1 Å². The third kappa shape index (κ3) is 4.74. The molecule has 0 radical (unpaired) electrons. The minimum absolute atomic E-state index is 0.455. The lowest BCUT2D eigenvalue weighted by atomic mass is 10.2. The molecule has 0 saturated heterocycles. The van der Waals surface area contributed by atoms with Gasteiger partial charge in [-0.3, -0.25) is 0 Å². The van der Waals surface area contributed by atoms with Crippen molar-refractivity contribution in [2.24, 2.45) is 5.73 Å². The summed E-state index contributed by atoms with van der Waals surface area (Å²) in [5, 5.41) is 7.38. The lowest BCUT2D eigenvalue weighted by Gasteiger charge is -2.10. The molecular formula is C14H17Cl2N5. The number of anilines is 3. The monoisotopic (exact) mass is 325 g/mol. The Hall–Kier alpha value is -1.56. The van der Waals surface area contributed by atoms with Gasteiger partial charge >= 0.3 is 0 Å². The van der Waals surface area contributed by atoms with E-state index in [1.165, 1.54) is 0 Å². The van der Waals surface area contributed by atoms with Gasteiger partial charge in [0.15, 0.2) is 0 Å². The number of nitrogens with one attached hydrogen (secondary N) is 2. The highest BCUT2D eigenvalue weighted by atomic mass is 35.5. The molecule has 0 saturated carbocycles. The molecule has 1 aromatic carbocycles. The quantitative estimate of drug-likeness (QED) is 0.707. The molecular weight excluding hydrogens is 309 g/mol. The summed E-state index contributed by atoms with van der Waals surface area (Å²) in [5.74, 6) is 1.04. The highest BCUT2D eigenvalue weighted by Crippen LogP contribution is 2.23. The third-order valence-corrected chi connectivity index (χ3v) is 3.21. The van der Waals surface area contributed by atoms with E-state index in [1.54, 1.807) is 6.20 Å². The molecule has 0 spiro atoms. The lowest BCUT2D eigenvalue weighted by molar-refractivity contribution is 0.869. The van der Waals surface area contributed by atoms with Crippen molar-refractivity contribution in [3.8, 4) is 0 Å². The van der Waals surface area contributed by atoms with Gasteiger partial charge in [-0.05, 0) is 43.7 Å². The van der Waals surface area contributed by atoms with Crippen LogP contribution >= 0.6 is 23.2 Å². The van der Waals surface area contributed by atoms with Crippen molar-refractivity contribution in [2.45, 2.75) is 13.3 Å². The summed E-state index contributed by atoms with van der Waals surface area (Å²) >= 11 is 12.1. The zero-order valence-corrected chi connectivity index (χ0v) is 13.2. The molecule has 112 valence electrons. The van der Waals surface area contributed by atoms with E-state index in [9.17, 15) is 0 Å². The normalized spacial score (nSPS) is 10.5. The first-order valence-corrected chi connectivity index (χ1v) is 7.35. The third-order valence-electron chi connectivity index (χ3n) is 2.72. The largest absolute Gasteiger partial charge is 0.369 e. The molecule has 1 heterocycles. The number of aryl methyl sites for hydroxylation is 1. The van der Waals surface area contributed by atoms with Crippen LogP contribution in [0, 0.1) is 6.92 Å². The first kappa shape index (κ1) is 15.8. The Kier molecular flexibility index (Phi) is 5.61. The van der Waals surface area contributed by atoms with Crippen LogP contribution < -0.4 is 16.4 Å². The molecule has 1 aromatic heterocycles. The fourth-order valence-electron chi connectivity index (χ4n) is 1.80. The van der Waals surface area contributed by atoms with Crippen LogP contribution in [-0.4, -0.2) is 23.1 Å². The summed E-state index contributed by atoms with van der Waals surface area (Å²) < 4.78 is 0. The van der Waals surface area contributed by atoms with Crippen LogP contribution in [0.5, 0.6) is 0 Å². The van der Waals surface area contributed by atoms with Gasteiger partial charge in [0.05, 0.1) is 6.20 Å². The van der Waals surface area contributed by atoms with Crippen molar-refractivity contribution >= 4 is 40.7 Å². The maximum Gasteiger partial charge on any atom is 0.229 e. The van der Waals surface area contributed by atoms with E-state index in [-0.39, 0.29) is 0 Å². The van der Waals surface area contributed by atoms with Crippen LogP contribution in [0.15, 0.2) is 24.4 Å². The van der Waals surface area contributed by atoms with Crippen molar-refractivity contribution in [3.05, 3.63) is 40.0 Å². The van der Waals surface area contributed by atoms with Gasteiger partial charge in [-0.2, -0.15) is 4.98 Å². The Morgan fingerprint density at radius 1 is 1.24 bits per heavy atom. The molecule has 0 aliphatic rings.